The van der Waals surface area contributed by atoms with Gasteiger partial charge in [-0.25, -0.2) is 13.2 Å². The van der Waals surface area contributed by atoms with Crippen LogP contribution in [0.3, 0.4) is 0 Å². The summed E-state index contributed by atoms with van der Waals surface area (Å²) in [6, 6.07) is 8.30. The van der Waals surface area contributed by atoms with Crippen LogP contribution < -0.4 is 11.1 Å². The molecule has 2 amide bonds. The molecule has 0 bridgehead atoms. The standard InChI is InChI=1S/C31H25F6N5O3/c1-13-23-24(13)28(44)27-25(23)29(31(35,36)37)41-42(27)12-22(43)40-21(9-14-7-16(32)11-17(33)8-14)26-18(3-2-6-39-26)15-4-5-20(34)19(10-15)30(38)45/h2-8,10-11,13,21,23-24,28,44H,9,12H2,1H3,(H2,38,45)(H,40,43)/t13-,21-,23?,24?,28+/m0/s1. The van der Waals surface area contributed by atoms with Gasteiger partial charge in [0.1, 0.15) is 24.0 Å². The van der Waals surface area contributed by atoms with E-state index in [0.29, 0.717) is 11.6 Å². The molecule has 2 heterocycles. The number of carbonyl (C=O) groups is 2. The summed E-state index contributed by atoms with van der Waals surface area (Å²) in [5, 5.41) is 17.1. The van der Waals surface area contributed by atoms with E-state index in [9.17, 15) is 41.0 Å². The lowest BCUT2D eigenvalue weighted by atomic mass is 9.94. The van der Waals surface area contributed by atoms with Crippen LogP contribution in [0.1, 0.15) is 63.6 Å². The molecule has 5 atom stereocenters. The highest BCUT2D eigenvalue weighted by Crippen LogP contribution is 2.67. The molecule has 2 aromatic carbocycles. The topological polar surface area (TPSA) is 123 Å². The summed E-state index contributed by atoms with van der Waals surface area (Å²) in [5.41, 5.74) is 4.43. The number of hydrogen-bond donors (Lipinski definition) is 3. The normalized spacial score (nSPS) is 20.8. The van der Waals surface area contributed by atoms with Crippen molar-refractivity contribution >= 4 is 11.8 Å². The Morgan fingerprint density at radius 2 is 1.80 bits per heavy atom. The van der Waals surface area contributed by atoms with Crippen LogP contribution in [0.4, 0.5) is 26.3 Å². The molecule has 4 aromatic rings. The number of carbonyl (C=O) groups excluding carboxylic acids is 2. The van der Waals surface area contributed by atoms with Gasteiger partial charge in [0.05, 0.1) is 29.1 Å². The zero-order chi connectivity index (χ0) is 32.4. The molecule has 45 heavy (non-hydrogen) atoms. The van der Waals surface area contributed by atoms with Crippen LogP contribution in [-0.4, -0.2) is 31.7 Å². The lowest BCUT2D eigenvalue weighted by Gasteiger charge is -2.22. The molecule has 14 heteroatoms. The summed E-state index contributed by atoms with van der Waals surface area (Å²) in [4.78, 5) is 29.6. The van der Waals surface area contributed by atoms with Gasteiger partial charge in [-0.05, 0) is 59.7 Å². The molecular weight excluding hydrogens is 604 g/mol. The van der Waals surface area contributed by atoms with Crippen molar-refractivity contribution in [1.82, 2.24) is 20.1 Å². The molecule has 2 aliphatic rings. The van der Waals surface area contributed by atoms with Crippen molar-refractivity contribution in [2.75, 3.05) is 0 Å². The molecular formula is C31H25F6N5O3. The molecule has 234 valence electrons. The molecule has 4 N–H and O–H groups in total. The van der Waals surface area contributed by atoms with Gasteiger partial charge in [-0.2, -0.15) is 18.3 Å². The number of aromatic nitrogens is 3. The van der Waals surface area contributed by atoms with E-state index in [0.717, 1.165) is 22.9 Å². The van der Waals surface area contributed by atoms with E-state index >= 15 is 0 Å². The predicted molar refractivity (Wildman–Crippen MR) is 147 cm³/mol. The first kappa shape index (κ1) is 30.3. The summed E-state index contributed by atoms with van der Waals surface area (Å²) >= 11 is 0. The molecule has 1 fully saturated rings. The highest BCUT2D eigenvalue weighted by atomic mass is 19.4. The summed E-state index contributed by atoms with van der Waals surface area (Å²) in [7, 11) is 0. The van der Waals surface area contributed by atoms with Crippen molar-refractivity contribution in [3.8, 4) is 11.1 Å². The van der Waals surface area contributed by atoms with Crippen molar-refractivity contribution in [1.29, 1.82) is 0 Å². The molecule has 8 nitrogen and oxygen atoms in total. The first-order valence-electron chi connectivity index (χ1n) is 13.9. The van der Waals surface area contributed by atoms with Gasteiger partial charge >= 0.3 is 6.18 Å². The number of nitrogens with zero attached hydrogens (tertiary/aromatic N) is 3. The minimum Gasteiger partial charge on any atom is -0.386 e. The van der Waals surface area contributed by atoms with Gasteiger partial charge < -0.3 is 16.2 Å². The molecule has 1 saturated carbocycles. The Bertz CT molecular complexity index is 1820. The smallest absolute Gasteiger partial charge is 0.386 e. The SMILES string of the molecule is C[C@H]1C2c3c(C(F)(F)F)nn(CC(=O)N[C@@H](Cc4cc(F)cc(F)c4)c4ncccc4-c4ccc(F)c(C(N)=O)c4)c3[C@H](O)C21. The highest BCUT2D eigenvalue weighted by molar-refractivity contribution is 5.94. The number of nitrogens with two attached hydrogens (primary N) is 1. The van der Waals surface area contributed by atoms with E-state index in [1.54, 1.807) is 13.0 Å². The fourth-order valence-electron chi connectivity index (χ4n) is 6.45. The fourth-order valence-corrected chi connectivity index (χ4v) is 6.45. The maximum absolute atomic E-state index is 14.2. The van der Waals surface area contributed by atoms with Gasteiger partial charge in [0.2, 0.25) is 5.91 Å². The average molecular weight is 630 g/mol. The predicted octanol–water partition coefficient (Wildman–Crippen LogP) is 4.98. The molecule has 0 spiro atoms. The Morgan fingerprint density at radius 1 is 1.09 bits per heavy atom. The number of pyridine rings is 1. The number of rotatable bonds is 8. The minimum atomic E-state index is -4.81. The number of halogens is 6. The van der Waals surface area contributed by atoms with Gasteiger partial charge in [0, 0.05) is 29.3 Å². The zero-order valence-electron chi connectivity index (χ0n) is 23.4. The lowest BCUT2D eigenvalue weighted by molar-refractivity contribution is -0.142. The first-order chi connectivity index (χ1) is 21.2. The van der Waals surface area contributed by atoms with Crippen LogP contribution in [0, 0.1) is 29.3 Å². The number of hydrogen-bond acceptors (Lipinski definition) is 5. The number of primary amides is 1. The Balaban J connectivity index is 1.37. The maximum Gasteiger partial charge on any atom is 0.435 e. The zero-order valence-corrected chi connectivity index (χ0v) is 23.4. The summed E-state index contributed by atoms with van der Waals surface area (Å²) in [5.74, 6) is -5.57. The Kier molecular flexibility index (Phi) is 7.42. The average Bonchev–Trinajstić information content (AvgIpc) is 3.30. The number of amides is 2. The second-order valence-corrected chi connectivity index (χ2v) is 11.3. The number of fused-ring (bicyclic) bond motifs is 3. The number of benzene rings is 2. The van der Waals surface area contributed by atoms with E-state index in [-0.39, 0.29) is 40.4 Å². The van der Waals surface area contributed by atoms with Crippen LogP contribution in [0.5, 0.6) is 0 Å². The van der Waals surface area contributed by atoms with Crippen molar-refractivity contribution in [2.24, 2.45) is 17.6 Å². The van der Waals surface area contributed by atoms with Crippen molar-refractivity contribution < 1.29 is 41.0 Å². The van der Waals surface area contributed by atoms with Crippen molar-refractivity contribution in [2.45, 2.75) is 44.1 Å². The van der Waals surface area contributed by atoms with Gasteiger partial charge in [0.15, 0.2) is 5.69 Å². The molecule has 2 aromatic heterocycles. The second kappa shape index (κ2) is 11.0. The maximum atomic E-state index is 14.2. The third-order valence-corrected chi connectivity index (χ3v) is 8.43. The van der Waals surface area contributed by atoms with Crippen LogP contribution in [0.25, 0.3) is 11.1 Å². The Morgan fingerprint density at radius 3 is 2.47 bits per heavy atom. The van der Waals surface area contributed by atoms with Crippen LogP contribution in [0.2, 0.25) is 0 Å². The highest BCUT2D eigenvalue weighted by Gasteiger charge is 2.63. The number of alkyl halides is 3. The lowest BCUT2D eigenvalue weighted by Crippen LogP contribution is -2.34. The van der Waals surface area contributed by atoms with Crippen LogP contribution >= 0.6 is 0 Å². The summed E-state index contributed by atoms with van der Waals surface area (Å²) < 4.78 is 85.0. The van der Waals surface area contributed by atoms with E-state index < -0.39 is 77.2 Å². The molecule has 0 aliphatic heterocycles. The first-order valence-corrected chi connectivity index (χ1v) is 13.9. The molecule has 0 radical (unpaired) electrons. The van der Waals surface area contributed by atoms with E-state index in [4.69, 9.17) is 5.73 Å². The molecule has 2 unspecified atom stereocenters. The van der Waals surface area contributed by atoms with Gasteiger partial charge in [-0.15, -0.1) is 0 Å². The number of aliphatic hydroxyl groups excluding tert-OH is 1. The van der Waals surface area contributed by atoms with Crippen LogP contribution in [-0.2, 0) is 23.9 Å². The van der Waals surface area contributed by atoms with Crippen molar-refractivity contribution in [3.05, 3.63) is 106 Å². The van der Waals surface area contributed by atoms with Crippen molar-refractivity contribution in [3.63, 3.8) is 0 Å². The third kappa shape index (κ3) is 5.54. The molecule has 2 aliphatic carbocycles. The Labute approximate surface area is 251 Å². The van der Waals surface area contributed by atoms with Crippen LogP contribution in [0.15, 0.2) is 54.7 Å². The van der Waals surface area contributed by atoms with E-state index in [1.807, 2.05) is 0 Å². The second-order valence-electron chi connectivity index (χ2n) is 11.3. The molecule has 6 rings (SSSR count). The van der Waals surface area contributed by atoms with Gasteiger partial charge in [0.25, 0.3) is 5.91 Å². The fraction of sp³-hybridized carbons (Fsp3) is 0.290. The summed E-state index contributed by atoms with van der Waals surface area (Å²) in [6.07, 6.45) is -4.89. The molecule has 0 saturated heterocycles. The van der Waals surface area contributed by atoms with Gasteiger partial charge in [-0.1, -0.05) is 19.1 Å². The van der Waals surface area contributed by atoms with E-state index in [2.05, 4.69) is 15.4 Å². The number of aliphatic hydroxyl groups is 1. The van der Waals surface area contributed by atoms with E-state index in [1.165, 1.54) is 24.4 Å². The van der Waals surface area contributed by atoms with Gasteiger partial charge in [-0.3, -0.25) is 19.3 Å². The quantitative estimate of drug-likeness (QED) is 0.238. The monoisotopic (exact) mass is 629 g/mol. The third-order valence-electron chi connectivity index (χ3n) is 8.43. The summed E-state index contributed by atoms with van der Waals surface area (Å²) in [6.45, 7) is 1.03. The number of nitrogens with one attached hydrogen (secondary N) is 1. The largest absolute Gasteiger partial charge is 0.435 e. The Hall–Kier alpha value is -4.72. The minimum absolute atomic E-state index is 0.0712.